The highest BCUT2D eigenvalue weighted by Gasteiger charge is 2.32. The lowest BCUT2D eigenvalue weighted by molar-refractivity contribution is -0.142. The zero-order valence-electron chi connectivity index (χ0n) is 20.2. The first kappa shape index (κ1) is 23.9. The van der Waals surface area contributed by atoms with Crippen molar-refractivity contribution in [2.24, 2.45) is 5.92 Å². The van der Waals surface area contributed by atoms with Crippen LogP contribution in [0.2, 0.25) is 0 Å². The topological polar surface area (TPSA) is 60.8 Å². The Morgan fingerprint density at radius 3 is 2.18 bits per heavy atom. The molecule has 2 unspecified atom stereocenters. The zero-order valence-corrected chi connectivity index (χ0v) is 20.2. The number of phenolic OH excluding ortho intramolecular Hbond substituents is 1. The standard InChI is InChI=1S/C28H29NO3.C2H6/c30-24-11-13-26-22(18-24)8-12-25(19-4-2-1-3-5-19)27(26)20-6-9-23(10-7-20)29-16-14-21(15-17-29)28(31)32;1-2/h1-7,9-11,13,18,21,25,27,30H,8,12,14-17H2,(H,31,32);1-2H3. The number of hydrogen-bond donors (Lipinski definition) is 2. The summed E-state index contributed by atoms with van der Waals surface area (Å²) in [5, 5.41) is 19.3. The minimum atomic E-state index is -0.672. The normalized spacial score (nSPS) is 20.1. The minimum Gasteiger partial charge on any atom is -0.508 e. The second-order valence-corrected chi connectivity index (χ2v) is 9.11. The number of aromatic hydroxyl groups is 1. The number of phenols is 1. The number of anilines is 1. The summed E-state index contributed by atoms with van der Waals surface area (Å²) >= 11 is 0. The maximum Gasteiger partial charge on any atom is 0.306 e. The molecule has 0 aromatic heterocycles. The molecule has 1 heterocycles. The van der Waals surface area contributed by atoms with Crippen LogP contribution in [-0.2, 0) is 11.2 Å². The van der Waals surface area contributed by atoms with Crippen molar-refractivity contribution in [3.63, 3.8) is 0 Å². The Labute approximate surface area is 202 Å². The first-order chi connectivity index (χ1) is 16.6. The van der Waals surface area contributed by atoms with Crippen LogP contribution in [0.25, 0.3) is 0 Å². The summed E-state index contributed by atoms with van der Waals surface area (Å²) in [4.78, 5) is 13.5. The molecule has 1 aliphatic heterocycles. The highest BCUT2D eigenvalue weighted by atomic mass is 16.4. The molecular formula is C30H35NO3. The van der Waals surface area contributed by atoms with E-state index < -0.39 is 5.97 Å². The third-order valence-corrected chi connectivity index (χ3v) is 7.28. The molecular weight excluding hydrogens is 422 g/mol. The van der Waals surface area contributed by atoms with Crippen LogP contribution in [0.15, 0.2) is 72.8 Å². The summed E-state index contributed by atoms with van der Waals surface area (Å²) in [6.07, 6.45) is 3.42. The van der Waals surface area contributed by atoms with Crippen molar-refractivity contribution < 1.29 is 15.0 Å². The van der Waals surface area contributed by atoms with Crippen molar-refractivity contribution in [1.82, 2.24) is 0 Å². The van der Waals surface area contributed by atoms with E-state index in [-0.39, 0.29) is 11.8 Å². The number of aryl methyl sites for hydroxylation is 1. The lowest BCUT2D eigenvalue weighted by atomic mass is 9.69. The molecule has 0 saturated carbocycles. The van der Waals surface area contributed by atoms with Crippen molar-refractivity contribution in [2.45, 2.75) is 51.4 Å². The molecule has 0 spiro atoms. The van der Waals surface area contributed by atoms with Crippen LogP contribution >= 0.6 is 0 Å². The van der Waals surface area contributed by atoms with E-state index in [2.05, 4.69) is 65.6 Å². The summed E-state index contributed by atoms with van der Waals surface area (Å²) < 4.78 is 0. The van der Waals surface area contributed by atoms with Crippen LogP contribution < -0.4 is 4.90 Å². The zero-order chi connectivity index (χ0) is 24.1. The summed E-state index contributed by atoms with van der Waals surface area (Å²) in [5.74, 6) is 0.0842. The second-order valence-electron chi connectivity index (χ2n) is 9.11. The molecule has 1 saturated heterocycles. The molecule has 0 amide bonds. The molecule has 1 fully saturated rings. The molecule has 178 valence electrons. The third kappa shape index (κ3) is 4.96. The fourth-order valence-electron chi connectivity index (χ4n) is 5.55. The second kappa shape index (κ2) is 10.8. The van der Waals surface area contributed by atoms with E-state index in [9.17, 15) is 15.0 Å². The largest absolute Gasteiger partial charge is 0.508 e. The predicted molar refractivity (Wildman–Crippen MR) is 138 cm³/mol. The Kier molecular flexibility index (Phi) is 7.56. The molecule has 0 bridgehead atoms. The number of carboxylic acids is 1. The number of rotatable bonds is 4. The first-order valence-corrected chi connectivity index (χ1v) is 12.5. The van der Waals surface area contributed by atoms with Crippen LogP contribution in [0.1, 0.15) is 67.2 Å². The van der Waals surface area contributed by atoms with Gasteiger partial charge in [0, 0.05) is 24.7 Å². The van der Waals surface area contributed by atoms with Gasteiger partial charge in [0.05, 0.1) is 5.92 Å². The van der Waals surface area contributed by atoms with Gasteiger partial charge in [-0.2, -0.15) is 0 Å². The fourth-order valence-corrected chi connectivity index (χ4v) is 5.55. The SMILES string of the molecule is CC.O=C(O)C1CCN(c2ccc(C3c4ccc(O)cc4CCC3c3ccccc3)cc2)CC1. The van der Waals surface area contributed by atoms with Crippen LogP contribution in [0.3, 0.4) is 0 Å². The number of aliphatic carboxylic acids is 1. The number of piperidine rings is 1. The van der Waals surface area contributed by atoms with Gasteiger partial charge in [0.2, 0.25) is 0 Å². The lowest BCUT2D eigenvalue weighted by Gasteiger charge is -2.35. The van der Waals surface area contributed by atoms with Gasteiger partial charge in [0.15, 0.2) is 0 Å². The Hall–Kier alpha value is -3.27. The van der Waals surface area contributed by atoms with E-state index in [1.54, 1.807) is 6.07 Å². The highest BCUT2D eigenvalue weighted by molar-refractivity contribution is 5.70. The molecule has 3 aromatic rings. The number of carbonyl (C=O) groups is 1. The minimum absolute atomic E-state index is 0.215. The van der Waals surface area contributed by atoms with Gasteiger partial charge in [-0.15, -0.1) is 0 Å². The van der Waals surface area contributed by atoms with E-state index in [4.69, 9.17) is 0 Å². The van der Waals surface area contributed by atoms with E-state index in [1.807, 2.05) is 19.9 Å². The maximum absolute atomic E-state index is 11.3. The Morgan fingerprint density at radius 2 is 1.53 bits per heavy atom. The molecule has 2 atom stereocenters. The van der Waals surface area contributed by atoms with Gasteiger partial charge in [0.25, 0.3) is 0 Å². The van der Waals surface area contributed by atoms with Gasteiger partial charge in [-0.3, -0.25) is 4.79 Å². The molecule has 2 aliphatic rings. The summed E-state index contributed by atoms with van der Waals surface area (Å²) in [7, 11) is 0. The molecule has 3 aromatic carbocycles. The third-order valence-electron chi connectivity index (χ3n) is 7.28. The van der Waals surface area contributed by atoms with Crippen LogP contribution in [0.5, 0.6) is 5.75 Å². The molecule has 5 rings (SSSR count). The molecule has 34 heavy (non-hydrogen) atoms. The molecule has 0 radical (unpaired) electrons. The molecule has 4 nitrogen and oxygen atoms in total. The van der Waals surface area contributed by atoms with Gasteiger partial charge in [-0.1, -0.05) is 62.4 Å². The van der Waals surface area contributed by atoms with E-state index >= 15 is 0 Å². The monoisotopic (exact) mass is 457 g/mol. The molecule has 4 heteroatoms. The molecule has 2 N–H and O–H groups in total. The average Bonchev–Trinajstić information content (AvgIpc) is 2.90. The Morgan fingerprint density at radius 1 is 0.853 bits per heavy atom. The number of fused-ring (bicyclic) bond motifs is 1. The van der Waals surface area contributed by atoms with Crippen molar-refractivity contribution in [3.8, 4) is 5.75 Å². The van der Waals surface area contributed by atoms with Gasteiger partial charge >= 0.3 is 5.97 Å². The van der Waals surface area contributed by atoms with Crippen molar-refractivity contribution in [2.75, 3.05) is 18.0 Å². The van der Waals surface area contributed by atoms with Gasteiger partial charge in [-0.25, -0.2) is 0 Å². The highest BCUT2D eigenvalue weighted by Crippen LogP contribution is 2.47. The summed E-state index contributed by atoms with van der Waals surface area (Å²) in [5.41, 5.74) is 6.35. The fraction of sp³-hybridized carbons (Fsp3) is 0.367. The van der Waals surface area contributed by atoms with Gasteiger partial charge in [0.1, 0.15) is 5.75 Å². The molecule has 1 aliphatic carbocycles. The maximum atomic E-state index is 11.3. The van der Waals surface area contributed by atoms with Crippen molar-refractivity contribution >= 4 is 11.7 Å². The quantitative estimate of drug-likeness (QED) is 0.464. The number of hydrogen-bond acceptors (Lipinski definition) is 3. The summed E-state index contributed by atoms with van der Waals surface area (Å²) in [6.45, 7) is 5.57. The first-order valence-electron chi connectivity index (χ1n) is 12.5. The van der Waals surface area contributed by atoms with Crippen molar-refractivity contribution in [1.29, 1.82) is 0 Å². The Bertz CT molecular complexity index is 1090. The summed E-state index contributed by atoms with van der Waals surface area (Å²) in [6, 6.07) is 25.4. The van der Waals surface area contributed by atoms with Gasteiger partial charge < -0.3 is 15.1 Å². The lowest BCUT2D eigenvalue weighted by Crippen LogP contribution is -2.36. The van der Waals surface area contributed by atoms with E-state index in [0.29, 0.717) is 24.5 Å². The van der Waals surface area contributed by atoms with Crippen LogP contribution in [0, 0.1) is 5.92 Å². The van der Waals surface area contributed by atoms with E-state index in [0.717, 1.165) is 31.6 Å². The Balaban J connectivity index is 0.00000133. The number of nitrogens with zero attached hydrogens (tertiary/aromatic N) is 1. The van der Waals surface area contributed by atoms with Crippen LogP contribution in [0.4, 0.5) is 5.69 Å². The van der Waals surface area contributed by atoms with E-state index in [1.165, 1.54) is 22.3 Å². The predicted octanol–water partition coefficient (Wildman–Crippen LogP) is 6.58. The van der Waals surface area contributed by atoms with Crippen LogP contribution in [-0.4, -0.2) is 29.3 Å². The smallest absolute Gasteiger partial charge is 0.306 e. The number of carboxylic acid groups (broad SMARTS) is 1. The van der Waals surface area contributed by atoms with Crippen molar-refractivity contribution in [3.05, 3.63) is 95.1 Å². The van der Waals surface area contributed by atoms with Gasteiger partial charge in [-0.05, 0) is 78.1 Å². The number of benzene rings is 3. The average molecular weight is 458 g/mol.